The molecule has 1 aliphatic carbocycles. The number of benzene rings is 1. The number of halogens is 1. The third kappa shape index (κ3) is 4.02. The lowest BCUT2D eigenvalue weighted by molar-refractivity contribution is -0.124. The van der Waals surface area contributed by atoms with Gasteiger partial charge in [0.25, 0.3) is 0 Å². The van der Waals surface area contributed by atoms with Gasteiger partial charge in [-0.15, -0.1) is 0 Å². The maximum absolute atomic E-state index is 13.1. The number of nitrogens with zero attached hydrogens (tertiary/aromatic N) is 1. The molecule has 1 aliphatic rings. The molecule has 112 valence electrons. The lowest BCUT2D eigenvalue weighted by Gasteiger charge is -2.31. The van der Waals surface area contributed by atoms with Crippen molar-refractivity contribution in [3.8, 4) is 6.07 Å². The van der Waals surface area contributed by atoms with Crippen LogP contribution in [0, 0.1) is 17.1 Å². The summed E-state index contributed by atoms with van der Waals surface area (Å²) in [6, 6.07) is 7.75. The fourth-order valence-electron chi connectivity index (χ4n) is 2.75. The van der Waals surface area contributed by atoms with Gasteiger partial charge in [0, 0.05) is 0 Å². The Hall–Kier alpha value is -1.93. The summed E-state index contributed by atoms with van der Waals surface area (Å²) in [4.78, 5) is 12.0. The molecule has 0 spiro atoms. The average Bonchev–Trinajstić information content (AvgIpc) is 2.48. The van der Waals surface area contributed by atoms with Gasteiger partial charge in [-0.05, 0) is 30.5 Å². The lowest BCUT2D eigenvalue weighted by Crippen LogP contribution is -2.48. The van der Waals surface area contributed by atoms with Gasteiger partial charge in [0.2, 0.25) is 5.91 Å². The number of aliphatic hydroxyl groups is 1. The molecule has 0 aromatic heterocycles. The molecule has 1 aromatic carbocycles. The van der Waals surface area contributed by atoms with Crippen molar-refractivity contribution in [3.05, 3.63) is 35.6 Å². The third-order valence-corrected chi connectivity index (χ3v) is 3.91. The summed E-state index contributed by atoms with van der Waals surface area (Å²) in [5, 5.41) is 22.0. The Balaban J connectivity index is 1.96. The minimum atomic E-state index is -1.07. The maximum Gasteiger partial charge on any atom is 0.224 e. The van der Waals surface area contributed by atoms with Crippen LogP contribution in [0.3, 0.4) is 0 Å². The summed E-state index contributed by atoms with van der Waals surface area (Å²) in [6.45, 7) is 0. The van der Waals surface area contributed by atoms with Crippen molar-refractivity contribution in [2.75, 3.05) is 0 Å². The van der Waals surface area contributed by atoms with E-state index < -0.39 is 17.5 Å². The van der Waals surface area contributed by atoms with Crippen molar-refractivity contribution in [2.45, 2.75) is 50.2 Å². The standard InChI is InChI=1S/C16H19FN2O2/c17-13-6-4-5-12(9-13)14(20)10-15(21)19-16(11-18)7-2-1-3-8-16/h4-6,9,14,20H,1-3,7-8,10H2,(H,19,21). The normalized spacial score (nSPS) is 18.5. The number of amides is 1. The molecule has 1 atom stereocenters. The second-order valence-corrected chi connectivity index (χ2v) is 5.58. The Morgan fingerprint density at radius 1 is 1.43 bits per heavy atom. The van der Waals surface area contributed by atoms with Crippen LogP contribution in [0.2, 0.25) is 0 Å². The molecule has 0 bridgehead atoms. The Morgan fingerprint density at radius 2 is 2.14 bits per heavy atom. The van der Waals surface area contributed by atoms with Crippen molar-refractivity contribution in [2.24, 2.45) is 0 Å². The van der Waals surface area contributed by atoms with E-state index in [4.69, 9.17) is 0 Å². The van der Waals surface area contributed by atoms with Gasteiger partial charge in [-0.2, -0.15) is 5.26 Å². The van der Waals surface area contributed by atoms with E-state index in [0.29, 0.717) is 18.4 Å². The molecule has 1 saturated carbocycles. The molecule has 1 amide bonds. The van der Waals surface area contributed by atoms with Crippen LogP contribution in [0.4, 0.5) is 4.39 Å². The maximum atomic E-state index is 13.1. The van der Waals surface area contributed by atoms with Gasteiger partial charge < -0.3 is 10.4 Å². The minimum Gasteiger partial charge on any atom is -0.388 e. The highest BCUT2D eigenvalue weighted by molar-refractivity contribution is 5.78. The van der Waals surface area contributed by atoms with Crippen molar-refractivity contribution in [1.82, 2.24) is 5.32 Å². The van der Waals surface area contributed by atoms with Gasteiger partial charge >= 0.3 is 0 Å². The molecule has 2 N–H and O–H groups in total. The van der Waals surface area contributed by atoms with E-state index in [1.54, 1.807) is 6.07 Å². The van der Waals surface area contributed by atoms with Crippen LogP contribution in [0.15, 0.2) is 24.3 Å². The molecule has 1 fully saturated rings. The minimum absolute atomic E-state index is 0.174. The molecule has 4 nitrogen and oxygen atoms in total. The van der Waals surface area contributed by atoms with Crippen molar-refractivity contribution in [1.29, 1.82) is 5.26 Å². The third-order valence-electron chi connectivity index (χ3n) is 3.91. The second kappa shape index (κ2) is 6.68. The van der Waals surface area contributed by atoms with Gasteiger partial charge in [0.15, 0.2) is 0 Å². The molecule has 0 saturated heterocycles. The molecule has 0 heterocycles. The zero-order valence-electron chi connectivity index (χ0n) is 11.8. The number of nitriles is 1. The highest BCUT2D eigenvalue weighted by Gasteiger charge is 2.33. The molecular weight excluding hydrogens is 271 g/mol. The predicted molar refractivity (Wildman–Crippen MR) is 75.5 cm³/mol. The summed E-state index contributed by atoms with van der Waals surface area (Å²) in [6.07, 6.45) is 2.95. The molecule has 5 heteroatoms. The number of carbonyl (C=O) groups excluding carboxylic acids is 1. The van der Waals surface area contributed by atoms with Crippen molar-refractivity contribution < 1.29 is 14.3 Å². The van der Waals surface area contributed by atoms with E-state index in [1.165, 1.54) is 18.2 Å². The number of aliphatic hydroxyl groups excluding tert-OH is 1. The van der Waals surface area contributed by atoms with Crippen LogP contribution >= 0.6 is 0 Å². The molecule has 0 aliphatic heterocycles. The van der Waals surface area contributed by atoms with Crippen LogP contribution < -0.4 is 5.32 Å². The Kier molecular flexibility index (Phi) is 4.92. The molecular formula is C16H19FN2O2. The predicted octanol–water partition coefficient (Wildman–Crippen LogP) is 2.59. The molecule has 1 unspecified atom stereocenters. The highest BCUT2D eigenvalue weighted by atomic mass is 19.1. The Bertz CT molecular complexity index is 547. The first kappa shape index (κ1) is 15.5. The smallest absolute Gasteiger partial charge is 0.224 e. The summed E-state index contributed by atoms with van der Waals surface area (Å²) in [5.41, 5.74) is -0.448. The number of rotatable bonds is 4. The summed E-state index contributed by atoms with van der Waals surface area (Å²) < 4.78 is 13.1. The first-order valence-corrected chi connectivity index (χ1v) is 7.20. The van der Waals surface area contributed by atoms with E-state index in [9.17, 15) is 19.6 Å². The lowest BCUT2D eigenvalue weighted by atomic mass is 9.82. The quantitative estimate of drug-likeness (QED) is 0.895. The second-order valence-electron chi connectivity index (χ2n) is 5.58. The van der Waals surface area contributed by atoms with E-state index in [2.05, 4.69) is 11.4 Å². The molecule has 0 radical (unpaired) electrons. The number of carbonyl (C=O) groups is 1. The van der Waals surface area contributed by atoms with Gasteiger partial charge in [-0.1, -0.05) is 31.4 Å². The number of hydrogen-bond acceptors (Lipinski definition) is 3. The first-order valence-electron chi connectivity index (χ1n) is 7.20. The van der Waals surface area contributed by atoms with Crippen molar-refractivity contribution >= 4 is 5.91 Å². The fourth-order valence-corrected chi connectivity index (χ4v) is 2.75. The van der Waals surface area contributed by atoms with Crippen LogP contribution in [0.25, 0.3) is 0 Å². The largest absolute Gasteiger partial charge is 0.388 e. The zero-order chi connectivity index (χ0) is 15.3. The molecule has 1 aromatic rings. The number of nitrogens with one attached hydrogen (secondary N) is 1. The van der Waals surface area contributed by atoms with Crippen LogP contribution in [0.1, 0.15) is 50.2 Å². The van der Waals surface area contributed by atoms with Gasteiger partial charge in [-0.3, -0.25) is 4.79 Å². The Morgan fingerprint density at radius 3 is 2.76 bits per heavy atom. The molecule has 21 heavy (non-hydrogen) atoms. The van der Waals surface area contributed by atoms with Crippen LogP contribution in [0.5, 0.6) is 0 Å². The van der Waals surface area contributed by atoms with E-state index in [0.717, 1.165) is 19.3 Å². The fraction of sp³-hybridized carbons (Fsp3) is 0.500. The monoisotopic (exact) mass is 290 g/mol. The topological polar surface area (TPSA) is 73.1 Å². The van der Waals surface area contributed by atoms with Crippen LogP contribution in [-0.4, -0.2) is 16.6 Å². The van der Waals surface area contributed by atoms with Gasteiger partial charge in [-0.25, -0.2) is 4.39 Å². The Labute approximate surface area is 123 Å². The van der Waals surface area contributed by atoms with Crippen molar-refractivity contribution in [3.63, 3.8) is 0 Å². The first-order chi connectivity index (χ1) is 10.0. The summed E-state index contributed by atoms with van der Waals surface area (Å²) >= 11 is 0. The highest BCUT2D eigenvalue weighted by Crippen LogP contribution is 2.28. The van der Waals surface area contributed by atoms with E-state index >= 15 is 0 Å². The SMILES string of the molecule is N#CC1(NC(=O)CC(O)c2cccc(F)c2)CCCCC1. The van der Waals surface area contributed by atoms with Gasteiger partial charge in [0.05, 0.1) is 18.6 Å². The number of hydrogen-bond donors (Lipinski definition) is 2. The molecule has 2 rings (SSSR count). The zero-order valence-corrected chi connectivity index (χ0v) is 11.8. The van der Waals surface area contributed by atoms with E-state index in [1.807, 2.05) is 0 Å². The van der Waals surface area contributed by atoms with E-state index in [-0.39, 0.29) is 12.3 Å². The van der Waals surface area contributed by atoms with Gasteiger partial charge in [0.1, 0.15) is 11.4 Å². The average molecular weight is 290 g/mol. The van der Waals surface area contributed by atoms with Crippen LogP contribution in [-0.2, 0) is 4.79 Å². The summed E-state index contributed by atoms with van der Waals surface area (Å²) in [7, 11) is 0. The summed E-state index contributed by atoms with van der Waals surface area (Å²) in [5.74, 6) is -0.831.